The molecule has 0 aliphatic heterocycles. The zero-order chi connectivity index (χ0) is 15.5. The molecule has 0 fully saturated rings. The number of carboxylic acids is 1. The third-order valence-corrected chi connectivity index (χ3v) is 5.05. The van der Waals surface area contributed by atoms with Gasteiger partial charge in [-0.1, -0.05) is 13.8 Å². The summed E-state index contributed by atoms with van der Waals surface area (Å²) in [7, 11) is -2.53. The van der Waals surface area contributed by atoms with Crippen molar-refractivity contribution < 1.29 is 23.1 Å². The summed E-state index contributed by atoms with van der Waals surface area (Å²) in [5, 5.41) is 12.7. The molecular weight excluding hydrogens is 304 g/mol. The Morgan fingerprint density at radius 1 is 1.35 bits per heavy atom. The van der Waals surface area contributed by atoms with E-state index in [0.717, 1.165) is 11.3 Å². The molecule has 1 rings (SSSR count). The van der Waals surface area contributed by atoms with Gasteiger partial charge in [0.2, 0.25) is 10.0 Å². The fourth-order valence-electron chi connectivity index (χ4n) is 1.41. The van der Waals surface area contributed by atoms with E-state index in [0.29, 0.717) is 0 Å². The number of carbonyl (C=O) groups is 2. The second kappa shape index (κ2) is 6.33. The van der Waals surface area contributed by atoms with Crippen molar-refractivity contribution in [2.45, 2.75) is 24.8 Å². The van der Waals surface area contributed by atoms with Gasteiger partial charge in [0.25, 0.3) is 5.91 Å². The first-order chi connectivity index (χ1) is 9.19. The van der Waals surface area contributed by atoms with Crippen LogP contribution in [0.15, 0.2) is 16.3 Å². The van der Waals surface area contributed by atoms with Gasteiger partial charge < -0.3 is 10.4 Å². The largest absolute Gasteiger partial charge is 0.480 e. The van der Waals surface area contributed by atoms with E-state index in [-0.39, 0.29) is 9.77 Å². The van der Waals surface area contributed by atoms with Gasteiger partial charge in [-0.25, -0.2) is 8.42 Å². The number of carbonyl (C=O) groups excluding carboxylic acids is 1. The molecule has 0 aliphatic rings. The standard InChI is InChI=1S/C11H16N2O5S2/c1-6(2)9(11(15)16)13-20(17,18)7-4-8(19-5-7)10(14)12-3/h4-6,9,13H,1-3H3,(H,12,14)(H,15,16). The van der Waals surface area contributed by atoms with Crippen LogP contribution in [-0.4, -0.2) is 38.5 Å². The molecule has 0 saturated heterocycles. The number of hydrogen-bond donors (Lipinski definition) is 3. The molecule has 1 atom stereocenters. The minimum atomic E-state index is -3.97. The Morgan fingerprint density at radius 3 is 2.40 bits per heavy atom. The molecule has 9 heteroatoms. The van der Waals surface area contributed by atoms with Crippen LogP contribution in [0, 0.1) is 5.92 Å². The minimum Gasteiger partial charge on any atom is -0.480 e. The molecule has 0 saturated carbocycles. The van der Waals surface area contributed by atoms with Crippen LogP contribution in [0.5, 0.6) is 0 Å². The lowest BCUT2D eigenvalue weighted by Gasteiger charge is -2.17. The molecule has 0 spiro atoms. The first-order valence-electron chi connectivity index (χ1n) is 5.74. The van der Waals surface area contributed by atoms with Gasteiger partial charge in [0, 0.05) is 12.4 Å². The van der Waals surface area contributed by atoms with Gasteiger partial charge >= 0.3 is 5.97 Å². The maximum Gasteiger partial charge on any atom is 0.322 e. The summed E-state index contributed by atoms with van der Waals surface area (Å²) < 4.78 is 26.3. The Hall–Kier alpha value is -1.45. The van der Waals surface area contributed by atoms with Gasteiger partial charge in [-0.05, 0) is 12.0 Å². The Balaban J connectivity index is 3.02. The summed E-state index contributed by atoms with van der Waals surface area (Å²) in [6, 6.07) is -0.00576. The van der Waals surface area contributed by atoms with E-state index >= 15 is 0 Å². The second-order valence-corrected chi connectivity index (χ2v) is 7.03. The summed E-state index contributed by atoms with van der Waals surface area (Å²) in [4.78, 5) is 22.5. The average Bonchev–Trinajstić information content (AvgIpc) is 2.84. The Kier molecular flexibility index (Phi) is 5.26. The van der Waals surface area contributed by atoms with Gasteiger partial charge in [-0.15, -0.1) is 11.3 Å². The molecule has 7 nitrogen and oxygen atoms in total. The molecule has 1 aromatic heterocycles. The van der Waals surface area contributed by atoms with Gasteiger partial charge in [0.05, 0.1) is 9.77 Å². The number of amides is 1. The van der Waals surface area contributed by atoms with Crippen LogP contribution in [0.2, 0.25) is 0 Å². The molecule has 0 aliphatic carbocycles. The van der Waals surface area contributed by atoms with Crippen molar-refractivity contribution in [2.24, 2.45) is 5.92 Å². The van der Waals surface area contributed by atoms with Crippen molar-refractivity contribution in [3.05, 3.63) is 16.3 Å². The van der Waals surface area contributed by atoms with E-state index in [1.807, 2.05) is 0 Å². The molecule has 1 aromatic rings. The molecule has 20 heavy (non-hydrogen) atoms. The predicted octanol–water partition coefficient (Wildman–Crippen LogP) is 0.495. The van der Waals surface area contributed by atoms with Crippen LogP contribution in [-0.2, 0) is 14.8 Å². The highest BCUT2D eigenvalue weighted by atomic mass is 32.2. The summed E-state index contributed by atoms with van der Waals surface area (Å²) in [5.74, 6) is -2.04. The zero-order valence-electron chi connectivity index (χ0n) is 11.2. The zero-order valence-corrected chi connectivity index (χ0v) is 12.8. The van der Waals surface area contributed by atoms with Crippen molar-refractivity contribution in [2.75, 3.05) is 7.05 Å². The molecule has 1 unspecified atom stereocenters. The summed E-state index contributed by atoms with van der Waals surface area (Å²) >= 11 is 0.974. The van der Waals surface area contributed by atoms with Crippen molar-refractivity contribution in [1.29, 1.82) is 0 Å². The molecule has 1 amide bonds. The topological polar surface area (TPSA) is 113 Å². The summed E-state index contributed by atoms with van der Waals surface area (Å²) in [6.45, 7) is 3.20. The van der Waals surface area contributed by atoms with Crippen molar-refractivity contribution >= 4 is 33.2 Å². The number of thiophene rings is 1. The normalized spacial score (nSPS) is 13.2. The smallest absolute Gasteiger partial charge is 0.322 e. The number of hydrogen-bond acceptors (Lipinski definition) is 5. The van der Waals surface area contributed by atoms with Crippen molar-refractivity contribution in [3.8, 4) is 0 Å². The highest BCUT2D eigenvalue weighted by Gasteiger charge is 2.28. The van der Waals surface area contributed by atoms with E-state index in [2.05, 4.69) is 10.0 Å². The molecular formula is C11H16N2O5S2. The molecule has 0 bridgehead atoms. The van der Waals surface area contributed by atoms with Gasteiger partial charge in [-0.3, -0.25) is 9.59 Å². The molecule has 0 aromatic carbocycles. The van der Waals surface area contributed by atoms with E-state index in [1.54, 1.807) is 13.8 Å². The minimum absolute atomic E-state index is 0.118. The SMILES string of the molecule is CNC(=O)c1cc(S(=O)(=O)NC(C(=O)O)C(C)C)cs1. The number of aliphatic carboxylic acids is 1. The van der Waals surface area contributed by atoms with Gasteiger partial charge in [0.1, 0.15) is 6.04 Å². The quantitative estimate of drug-likeness (QED) is 0.706. The lowest BCUT2D eigenvalue weighted by atomic mass is 10.1. The van der Waals surface area contributed by atoms with Gasteiger partial charge in [0.15, 0.2) is 0 Å². The van der Waals surface area contributed by atoms with E-state index in [4.69, 9.17) is 5.11 Å². The summed E-state index contributed by atoms with van der Waals surface area (Å²) in [6.07, 6.45) is 0. The van der Waals surface area contributed by atoms with E-state index in [1.165, 1.54) is 18.5 Å². The fraction of sp³-hybridized carbons (Fsp3) is 0.455. The maximum atomic E-state index is 12.1. The number of sulfonamides is 1. The van der Waals surface area contributed by atoms with E-state index in [9.17, 15) is 18.0 Å². The van der Waals surface area contributed by atoms with Crippen LogP contribution in [0.25, 0.3) is 0 Å². The first-order valence-corrected chi connectivity index (χ1v) is 8.11. The van der Waals surface area contributed by atoms with Crippen LogP contribution in [0.3, 0.4) is 0 Å². The van der Waals surface area contributed by atoms with Crippen molar-refractivity contribution in [1.82, 2.24) is 10.0 Å². The average molecular weight is 320 g/mol. The number of nitrogens with one attached hydrogen (secondary N) is 2. The monoisotopic (exact) mass is 320 g/mol. The lowest BCUT2D eigenvalue weighted by Crippen LogP contribution is -2.44. The fourth-order valence-corrected chi connectivity index (χ4v) is 3.97. The van der Waals surface area contributed by atoms with Crippen LogP contribution in [0.4, 0.5) is 0 Å². The second-order valence-electron chi connectivity index (χ2n) is 4.41. The number of carboxylic acid groups (broad SMARTS) is 1. The van der Waals surface area contributed by atoms with Crippen LogP contribution >= 0.6 is 11.3 Å². The summed E-state index contributed by atoms with van der Waals surface area (Å²) in [5.41, 5.74) is 0. The molecule has 1 heterocycles. The Labute approximate surface area is 121 Å². The van der Waals surface area contributed by atoms with Crippen molar-refractivity contribution in [3.63, 3.8) is 0 Å². The van der Waals surface area contributed by atoms with Gasteiger partial charge in [-0.2, -0.15) is 4.72 Å². The Bertz CT molecular complexity index is 606. The molecule has 3 N–H and O–H groups in total. The van der Waals surface area contributed by atoms with E-state index < -0.39 is 33.9 Å². The molecule has 112 valence electrons. The molecule has 0 radical (unpaired) electrons. The third kappa shape index (κ3) is 3.78. The third-order valence-electron chi connectivity index (χ3n) is 2.55. The highest BCUT2D eigenvalue weighted by Crippen LogP contribution is 2.20. The van der Waals surface area contributed by atoms with Crippen LogP contribution in [0.1, 0.15) is 23.5 Å². The number of rotatable bonds is 6. The van der Waals surface area contributed by atoms with Crippen LogP contribution < -0.4 is 10.0 Å². The first kappa shape index (κ1) is 16.6. The maximum absolute atomic E-state index is 12.1. The Morgan fingerprint density at radius 2 is 1.95 bits per heavy atom. The highest BCUT2D eigenvalue weighted by molar-refractivity contribution is 7.89. The lowest BCUT2D eigenvalue weighted by molar-refractivity contribution is -0.140. The predicted molar refractivity (Wildman–Crippen MR) is 74.3 cm³/mol.